The highest BCUT2D eigenvalue weighted by molar-refractivity contribution is 9.10. The molecule has 0 radical (unpaired) electrons. The van der Waals surface area contributed by atoms with Crippen molar-refractivity contribution in [3.63, 3.8) is 0 Å². The van der Waals surface area contributed by atoms with Crippen LogP contribution in [-0.4, -0.2) is 10.9 Å². The predicted octanol–water partition coefficient (Wildman–Crippen LogP) is 3.69. The molecule has 1 rings (SSSR count). The minimum atomic E-state index is -0.00750. The molecule has 0 aliphatic heterocycles. The van der Waals surface area contributed by atoms with Crippen molar-refractivity contribution >= 4 is 21.7 Å². The van der Waals surface area contributed by atoms with Crippen molar-refractivity contribution in [2.24, 2.45) is 5.92 Å². The van der Waals surface area contributed by atoms with Crippen molar-refractivity contribution in [2.45, 2.75) is 27.2 Å². The Morgan fingerprint density at radius 2 is 2.07 bits per heavy atom. The fraction of sp³-hybridized carbons (Fsp3) is 0.417. The lowest BCUT2D eigenvalue weighted by molar-refractivity contribution is 0.0965. The van der Waals surface area contributed by atoms with E-state index in [4.69, 9.17) is 0 Å². The first-order valence-corrected chi connectivity index (χ1v) is 5.73. The molecule has 1 N–H and O–H groups in total. The van der Waals surface area contributed by atoms with E-state index in [9.17, 15) is 9.90 Å². The van der Waals surface area contributed by atoms with E-state index in [1.165, 1.54) is 0 Å². The largest absolute Gasteiger partial charge is 0.506 e. The zero-order chi connectivity index (χ0) is 11.6. The van der Waals surface area contributed by atoms with Gasteiger partial charge in [0.05, 0.1) is 10.0 Å². The molecule has 2 nitrogen and oxygen atoms in total. The van der Waals surface area contributed by atoms with Gasteiger partial charge in [-0.05, 0) is 46.5 Å². The number of hydrogen-bond donors (Lipinski definition) is 1. The number of aryl methyl sites for hydroxylation is 1. The first-order chi connectivity index (χ1) is 6.91. The molecule has 1 aromatic carbocycles. The number of hydrogen-bond acceptors (Lipinski definition) is 2. The zero-order valence-electron chi connectivity index (χ0n) is 9.17. The second kappa shape index (κ2) is 4.79. The maximum Gasteiger partial charge on any atom is 0.166 e. The van der Waals surface area contributed by atoms with Gasteiger partial charge in [0.25, 0.3) is 0 Å². The van der Waals surface area contributed by atoms with Crippen molar-refractivity contribution < 1.29 is 9.90 Å². The molecule has 0 atom stereocenters. The Balaban J connectivity index is 3.08. The maximum absolute atomic E-state index is 11.8. The highest BCUT2D eigenvalue weighted by Crippen LogP contribution is 2.30. The molecule has 0 bridgehead atoms. The number of rotatable bonds is 3. The summed E-state index contributed by atoms with van der Waals surface area (Å²) < 4.78 is 0.578. The van der Waals surface area contributed by atoms with Crippen molar-refractivity contribution in [3.8, 4) is 5.75 Å². The summed E-state index contributed by atoms with van der Waals surface area (Å²) >= 11 is 3.23. The average molecular weight is 271 g/mol. The van der Waals surface area contributed by atoms with Gasteiger partial charge in [0.1, 0.15) is 5.75 Å². The van der Waals surface area contributed by atoms with E-state index in [0.717, 1.165) is 5.56 Å². The van der Waals surface area contributed by atoms with Crippen LogP contribution in [-0.2, 0) is 0 Å². The Morgan fingerprint density at radius 3 is 2.60 bits per heavy atom. The molecule has 0 aliphatic carbocycles. The Kier molecular flexibility index (Phi) is 3.91. The van der Waals surface area contributed by atoms with E-state index in [1.807, 2.05) is 20.8 Å². The van der Waals surface area contributed by atoms with Gasteiger partial charge in [0.15, 0.2) is 5.78 Å². The Morgan fingerprint density at radius 1 is 1.47 bits per heavy atom. The number of ketones is 1. The summed E-state index contributed by atoms with van der Waals surface area (Å²) in [6.07, 6.45) is 0.462. The quantitative estimate of drug-likeness (QED) is 0.851. The van der Waals surface area contributed by atoms with Gasteiger partial charge in [-0.2, -0.15) is 0 Å². The van der Waals surface area contributed by atoms with Crippen LogP contribution in [0.2, 0.25) is 0 Å². The summed E-state index contributed by atoms with van der Waals surface area (Å²) in [6.45, 7) is 5.87. The molecule has 0 aliphatic rings. The summed E-state index contributed by atoms with van der Waals surface area (Å²) in [5.41, 5.74) is 1.38. The number of carbonyl (C=O) groups excluding carboxylic acids is 1. The monoisotopic (exact) mass is 270 g/mol. The molecular weight excluding hydrogens is 256 g/mol. The van der Waals surface area contributed by atoms with Crippen molar-refractivity contribution in [3.05, 3.63) is 27.7 Å². The van der Waals surface area contributed by atoms with Crippen LogP contribution in [0.1, 0.15) is 36.2 Å². The van der Waals surface area contributed by atoms with Crippen molar-refractivity contribution in [2.75, 3.05) is 0 Å². The summed E-state index contributed by atoms with van der Waals surface area (Å²) in [6, 6.07) is 3.52. The Hall–Kier alpha value is -0.830. The normalized spacial score (nSPS) is 10.7. The minimum Gasteiger partial charge on any atom is -0.506 e. The topological polar surface area (TPSA) is 37.3 Å². The SMILES string of the molecule is Cc1cc(Br)c(O)c(C(=O)CC(C)C)c1. The molecule has 0 saturated carbocycles. The molecule has 1 aromatic rings. The summed E-state index contributed by atoms with van der Waals surface area (Å²) in [5, 5.41) is 9.74. The Bertz CT molecular complexity index is 383. The standard InChI is InChI=1S/C12H15BrO2/c1-7(2)4-11(14)9-5-8(3)6-10(13)12(9)15/h5-7,15H,4H2,1-3H3. The van der Waals surface area contributed by atoms with Crippen molar-refractivity contribution in [1.29, 1.82) is 0 Å². The second-order valence-corrected chi connectivity index (χ2v) is 5.02. The van der Waals surface area contributed by atoms with Crippen LogP contribution in [0.5, 0.6) is 5.75 Å². The third-order valence-electron chi connectivity index (χ3n) is 2.10. The summed E-state index contributed by atoms with van der Waals surface area (Å²) in [7, 11) is 0. The lowest BCUT2D eigenvalue weighted by Gasteiger charge is -2.08. The van der Waals surface area contributed by atoms with Gasteiger partial charge in [-0.1, -0.05) is 13.8 Å². The van der Waals surface area contributed by atoms with Crippen LogP contribution >= 0.6 is 15.9 Å². The van der Waals surface area contributed by atoms with Gasteiger partial charge in [-0.25, -0.2) is 0 Å². The summed E-state index contributed by atoms with van der Waals surface area (Å²) in [5.74, 6) is 0.342. The summed E-state index contributed by atoms with van der Waals surface area (Å²) in [4.78, 5) is 11.8. The molecule has 0 amide bonds. The fourth-order valence-electron chi connectivity index (χ4n) is 1.43. The molecular formula is C12H15BrO2. The highest BCUT2D eigenvalue weighted by atomic mass is 79.9. The van der Waals surface area contributed by atoms with E-state index in [1.54, 1.807) is 12.1 Å². The molecule has 0 saturated heterocycles. The van der Waals surface area contributed by atoms with Crippen LogP contribution in [0, 0.1) is 12.8 Å². The van der Waals surface area contributed by atoms with Gasteiger partial charge in [-0.15, -0.1) is 0 Å². The molecule has 0 unspecified atom stereocenters. The van der Waals surface area contributed by atoms with Gasteiger partial charge < -0.3 is 5.11 Å². The van der Waals surface area contributed by atoms with E-state index >= 15 is 0 Å². The number of carbonyl (C=O) groups is 1. The number of phenolic OH excluding ortho intramolecular Hbond substituents is 1. The smallest absolute Gasteiger partial charge is 0.166 e. The average Bonchev–Trinajstić information content (AvgIpc) is 2.09. The molecule has 0 heterocycles. The van der Waals surface area contributed by atoms with Gasteiger partial charge >= 0.3 is 0 Å². The van der Waals surface area contributed by atoms with Crippen LogP contribution in [0.4, 0.5) is 0 Å². The van der Waals surface area contributed by atoms with Crippen LogP contribution in [0.15, 0.2) is 16.6 Å². The number of phenols is 1. The highest BCUT2D eigenvalue weighted by Gasteiger charge is 2.15. The molecule has 0 spiro atoms. The van der Waals surface area contributed by atoms with Crippen LogP contribution < -0.4 is 0 Å². The maximum atomic E-state index is 11.8. The predicted molar refractivity (Wildman–Crippen MR) is 64.3 cm³/mol. The Labute approximate surface area is 98.4 Å². The first-order valence-electron chi connectivity index (χ1n) is 4.94. The van der Waals surface area contributed by atoms with Gasteiger partial charge in [0, 0.05) is 6.42 Å². The first kappa shape index (κ1) is 12.2. The second-order valence-electron chi connectivity index (χ2n) is 4.16. The molecule has 82 valence electrons. The number of aromatic hydroxyl groups is 1. The minimum absolute atomic E-state index is 0.00750. The molecule has 3 heteroatoms. The molecule has 15 heavy (non-hydrogen) atoms. The van der Waals surface area contributed by atoms with Crippen LogP contribution in [0.3, 0.4) is 0 Å². The third-order valence-corrected chi connectivity index (χ3v) is 2.71. The van der Waals surface area contributed by atoms with E-state index < -0.39 is 0 Å². The van der Waals surface area contributed by atoms with E-state index in [-0.39, 0.29) is 11.5 Å². The number of benzene rings is 1. The number of Topliss-reactive ketones (excluding diaryl/α,β-unsaturated/α-hetero) is 1. The van der Waals surface area contributed by atoms with Crippen molar-refractivity contribution in [1.82, 2.24) is 0 Å². The third kappa shape index (κ3) is 3.06. The van der Waals surface area contributed by atoms with Gasteiger partial charge in [-0.3, -0.25) is 4.79 Å². The van der Waals surface area contributed by atoms with E-state index in [0.29, 0.717) is 22.4 Å². The van der Waals surface area contributed by atoms with Gasteiger partial charge in [0.2, 0.25) is 0 Å². The van der Waals surface area contributed by atoms with E-state index in [2.05, 4.69) is 15.9 Å². The zero-order valence-corrected chi connectivity index (χ0v) is 10.8. The molecule has 0 fully saturated rings. The van der Waals surface area contributed by atoms with Crippen LogP contribution in [0.25, 0.3) is 0 Å². The fourth-order valence-corrected chi connectivity index (χ4v) is 2.00. The lowest BCUT2D eigenvalue weighted by Crippen LogP contribution is -2.04. The molecule has 0 aromatic heterocycles. The lowest BCUT2D eigenvalue weighted by atomic mass is 9.99. The number of halogens is 1.